The first-order chi connectivity index (χ1) is 13.7. The third-order valence-corrected chi connectivity index (χ3v) is 4.70. The topological polar surface area (TPSA) is 80.9 Å². The van der Waals surface area contributed by atoms with Crippen molar-refractivity contribution in [3.8, 4) is 11.8 Å². The van der Waals surface area contributed by atoms with Crippen molar-refractivity contribution in [2.24, 2.45) is 0 Å². The van der Waals surface area contributed by atoms with Crippen LogP contribution in [0.2, 0.25) is 0 Å². The Labute approximate surface area is 161 Å². The summed E-state index contributed by atoms with van der Waals surface area (Å²) in [7, 11) is 0. The Morgan fingerprint density at radius 1 is 1.32 bits per heavy atom. The number of halogens is 1. The summed E-state index contributed by atoms with van der Waals surface area (Å²) >= 11 is 0. The van der Waals surface area contributed by atoms with Gasteiger partial charge in [0.25, 0.3) is 5.56 Å². The van der Waals surface area contributed by atoms with E-state index < -0.39 is 5.95 Å². The molecule has 0 unspecified atom stereocenters. The molecule has 0 radical (unpaired) electrons. The molecular formula is C19H20FN7O. The number of nitrogens with one attached hydrogen (secondary N) is 1. The second-order valence-corrected chi connectivity index (χ2v) is 6.46. The van der Waals surface area contributed by atoms with Crippen LogP contribution in [0.1, 0.15) is 12.5 Å². The number of imidazole rings is 1. The lowest BCUT2D eigenvalue weighted by Gasteiger charge is -2.28. The van der Waals surface area contributed by atoms with E-state index in [9.17, 15) is 9.18 Å². The van der Waals surface area contributed by atoms with Crippen LogP contribution < -0.4 is 15.8 Å². The maximum atomic E-state index is 13.9. The van der Waals surface area contributed by atoms with Crippen LogP contribution in [0.15, 0.2) is 29.3 Å². The molecule has 0 saturated carbocycles. The predicted octanol–water partition coefficient (Wildman–Crippen LogP) is 0.608. The zero-order chi connectivity index (χ0) is 19.5. The normalized spacial score (nSPS) is 14.1. The first-order valence-electron chi connectivity index (χ1n) is 9.10. The molecule has 3 aromatic rings. The van der Waals surface area contributed by atoms with Crippen molar-refractivity contribution >= 4 is 17.0 Å². The predicted molar refractivity (Wildman–Crippen MR) is 104 cm³/mol. The van der Waals surface area contributed by atoms with E-state index in [2.05, 4.69) is 37.1 Å². The highest BCUT2D eigenvalue weighted by Gasteiger charge is 2.21. The standard InChI is InChI=1S/C19H20FN7O/c1-2-3-9-26-16-15(24-19(26)25-10-7-21-8-11-25)12-23-27(18(16)28)13-14-5-4-6-22-17(14)20/h4-6,12,21H,7-11,13H2,1H3. The minimum absolute atomic E-state index is 0.00203. The Balaban J connectivity index is 1.82. The molecule has 0 aliphatic carbocycles. The summed E-state index contributed by atoms with van der Waals surface area (Å²) in [6.07, 6.45) is 2.92. The van der Waals surface area contributed by atoms with Gasteiger partial charge >= 0.3 is 0 Å². The number of hydrogen-bond donors (Lipinski definition) is 1. The van der Waals surface area contributed by atoms with Crippen molar-refractivity contribution in [2.45, 2.75) is 20.0 Å². The first kappa shape index (κ1) is 18.1. The van der Waals surface area contributed by atoms with Gasteiger partial charge in [0, 0.05) is 37.9 Å². The molecule has 1 saturated heterocycles. The lowest BCUT2D eigenvalue weighted by atomic mass is 10.3. The molecule has 8 nitrogen and oxygen atoms in total. The zero-order valence-corrected chi connectivity index (χ0v) is 15.5. The van der Waals surface area contributed by atoms with Gasteiger partial charge in [-0.05, 0) is 13.0 Å². The highest BCUT2D eigenvalue weighted by atomic mass is 19.1. The molecule has 4 heterocycles. The Hall–Kier alpha value is -3.25. The van der Waals surface area contributed by atoms with Gasteiger partial charge in [-0.2, -0.15) is 9.49 Å². The SMILES string of the molecule is CC#CCn1c(N2CCNCC2)nc2cnn(Cc3cccnc3F)c(=O)c21. The molecule has 3 aromatic heterocycles. The van der Waals surface area contributed by atoms with Crippen molar-refractivity contribution in [2.75, 3.05) is 31.1 Å². The van der Waals surface area contributed by atoms with Gasteiger partial charge in [0.05, 0.1) is 19.3 Å². The third kappa shape index (κ3) is 3.34. The van der Waals surface area contributed by atoms with Crippen LogP contribution in [-0.2, 0) is 13.1 Å². The summed E-state index contributed by atoms with van der Waals surface area (Å²) in [6.45, 7) is 5.41. The van der Waals surface area contributed by atoms with Gasteiger partial charge in [-0.15, -0.1) is 5.92 Å². The number of aromatic nitrogens is 5. The van der Waals surface area contributed by atoms with E-state index in [4.69, 9.17) is 0 Å². The largest absolute Gasteiger partial charge is 0.340 e. The van der Waals surface area contributed by atoms with Crippen molar-refractivity contribution in [1.82, 2.24) is 29.6 Å². The summed E-state index contributed by atoms with van der Waals surface area (Å²) < 4.78 is 17.0. The van der Waals surface area contributed by atoms with Gasteiger partial charge in [0.2, 0.25) is 11.9 Å². The van der Waals surface area contributed by atoms with Crippen LogP contribution in [0.4, 0.5) is 10.3 Å². The Kier molecular flexibility index (Phi) is 5.04. The Morgan fingerprint density at radius 3 is 2.89 bits per heavy atom. The number of anilines is 1. The van der Waals surface area contributed by atoms with Crippen molar-refractivity contribution in [1.29, 1.82) is 0 Å². The monoisotopic (exact) mass is 381 g/mol. The lowest BCUT2D eigenvalue weighted by Crippen LogP contribution is -2.44. The zero-order valence-electron chi connectivity index (χ0n) is 15.5. The summed E-state index contributed by atoms with van der Waals surface area (Å²) in [5.41, 5.74) is 0.917. The first-order valence-corrected chi connectivity index (χ1v) is 9.10. The van der Waals surface area contributed by atoms with Crippen LogP contribution in [0.5, 0.6) is 0 Å². The second-order valence-electron chi connectivity index (χ2n) is 6.46. The Morgan fingerprint density at radius 2 is 2.14 bits per heavy atom. The summed E-state index contributed by atoms with van der Waals surface area (Å²) in [4.78, 5) is 23.6. The molecule has 0 bridgehead atoms. The van der Waals surface area contributed by atoms with Gasteiger partial charge in [0.15, 0.2) is 0 Å². The van der Waals surface area contributed by atoms with E-state index in [1.54, 1.807) is 25.3 Å². The minimum Gasteiger partial charge on any atom is -0.340 e. The van der Waals surface area contributed by atoms with Gasteiger partial charge in [-0.3, -0.25) is 9.36 Å². The Bertz CT molecular complexity index is 1120. The molecule has 4 rings (SSSR count). The number of rotatable bonds is 4. The highest BCUT2D eigenvalue weighted by molar-refractivity contribution is 5.77. The van der Waals surface area contributed by atoms with Crippen LogP contribution in [-0.4, -0.2) is 50.5 Å². The second kappa shape index (κ2) is 7.78. The maximum absolute atomic E-state index is 13.9. The molecule has 1 fully saturated rings. The van der Waals surface area contributed by atoms with Gasteiger partial charge < -0.3 is 10.2 Å². The summed E-state index contributed by atoms with van der Waals surface area (Å²) in [5, 5.41) is 7.50. The molecule has 144 valence electrons. The molecule has 0 spiro atoms. The van der Waals surface area contributed by atoms with Crippen LogP contribution >= 0.6 is 0 Å². The number of pyridine rings is 1. The maximum Gasteiger partial charge on any atom is 0.293 e. The minimum atomic E-state index is -0.608. The molecule has 0 aromatic carbocycles. The van der Waals surface area contributed by atoms with Gasteiger partial charge in [-0.25, -0.2) is 14.6 Å². The highest BCUT2D eigenvalue weighted by Crippen LogP contribution is 2.20. The number of fused-ring (bicyclic) bond motifs is 1. The van der Waals surface area contributed by atoms with Crippen LogP contribution in [0.25, 0.3) is 11.0 Å². The van der Waals surface area contributed by atoms with Crippen LogP contribution in [0.3, 0.4) is 0 Å². The number of piperazine rings is 1. The van der Waals surface area contributed by atoms with Crippen molar-refractivity contribution in [3.05, 3.63) is 46.4 Å². The summed E-state index contributed by atoms with van der Waals surface area (Å²) in [5.74, 6) is 5.99. The molecule has 1 aliphatic heterocycles. The van der Waals surface area contributed by atoms with E-state index in [0.29, 0.717) is 29.1 Å². The van der Waals surface area contributed by atoms with Crippen molar-refractivity contribution < 1.29 is 4.39 Å². The van der Waals surface area contributed by atoms with Gasteiger partial charge in [-0.1, -0.05) is 12.0 Å². The number of hydrogen-bond acceptors (Lipinski definition) is 6. The van der Waals surface area contributed by atoms with E-state index in [1.165, 1.54) is 10.9 Å². The van der Waals surface area contributed by atoms with E-state index >= 15 is 0 Å². The lowest BCUT2D eigenvalue weighted by molar-refractivity contribution is 0.542. The molecule has 0 amide bonds. The van der Waals surface area contributed by atoms with Gasteiger partial charge in [0.1, 0.15) is 11.0 Å². The molecular weight excluding hydrogens is 361 g/mol. The summed E-state index contributed by atoms with van der Waals surface area (Å²) in [6, 6.07) is 3.22. The quantitative estimate of drug-likeness (QED) is 0.527. The molecule has 1 N–H and O–H groups in total. The molecule has 28 heavy (non-hydrogen) atoms. The van der Waals surface area contributed by atoms with E-state index in [0.717, 1.165) is 26.2 Å². The van der Waals surface area contributed by atoms with E-state index in [1.807, 2.05) is 4.57 Å². The fourth-order valence-electron chi connectivity index (χ4n) is 3.30. The van der Waals surface area contributed by atoms with E-state index in [-0.39, 0.29) is 12.1 Å². The third-order valence-electron chi connectivity index (χ3n) is 4.70. The average Bonchev–Trinajstić information content (AvgIpc) is 3.10. The molecule has 1 aliphatic rings. The number of nitrogens with zero attached hydrogens (tertiary/aromatic N) is 6. The fraction of sp³-hybridized carbons (Fsp3) is 0.368. The smallest absolute Gasteiger partial charge is 0.293 e. The van der Waals surface area contributed by atoms with Crippen molar-refractivity contribution in [3.63, 3.8) is 0 Å². The fourth-order valence-corrected chi connectivity index (χ4v) is 3.30. The molecule has 0 atom stereocenters. The average molecular weight is 381 g/mol. The van der Waals surface area contributed by atoms with Crippen LogP contribution in [0, 0.1) is 17.8 Å². The molecule has 9 heteroatoms.